The van der Waals surface area contributed by atoms with Gasteiger partial charge in [0.05, 0.1) is 18.9 Å². The van der Waals surface area contributed by atoms with Gasteiger partial charge in [0.15, 0.2) is 5.88 Å². The SMILES string of the molecule is CC1=C(O)NC(c2cc(OC(C)C)cc(OC3CCN(S(C)(=O)=O)C3)c2)N=C1. The van der Waals surface area contributed by atoms with Crippen molar-refractivity contribution in [2.24, 2.45) is 4.99 Å². The molecule has 0 spiro atoms. The van der Waals surface area contributed by atoms with E-state index in [0.717, 1.165) is 5.56 Å². The molecule has 0 aromatic heterocycles. The van der Waals surface area contributed by atoms with Crippen molar-refractivity contribution in [2.75, 3.05) is 19.3 Å². The Labute approximate surface area is 165 Å². The third kappa shape index (κ3) is 4.96. The van der Waals surface area contributed by atoms with Crippen molar-refractivity contribution >= 4 is 16.2 Å². The topological polar surface area (TPSA) is 100 Å². The van der Waals surface area contributed by atoms with Crippen LogP contribution in [0.25, 0.3) is 0 Å². The van der Waals surface area contributed by atoms with E-state index in [1.54, 1.807) is 19.2 Å². The van der Waals surface area contributed by atoms with E-state index in [4.69, 9.17) is 9.47 Å². The maximum atomic E-state index is 11.7. The number of hydrogen-bond donors (Lipinski definition) is 2. The van der Waals surface area contributed by atoms with Gasteiger partial charge in [-0.15, -0.1) is 0 Å². The average molecular weight is 410 g/mol. The van der Waals surface area contributed by atoms with Crippen molar-refractivity contribution in [1.29, 1.82) is 0 Å². The Hall–Kier alpha value is -2.26. The number of ether oxygens (including phenoxy) is 2. The van der Waals surface area contributed by atoms with Crippen LogP contribution >= 0.6 is 0 Å². The summed E-state index contributed by atoms with van der Waals surface area (Å²) in [5, 5.41) is 12.9. The first-order chi connectivity index (χ1) is 13.1. The molecule has 2 N–H and O–H groups in total. The van der Waals surface area contributed by atoms with Gasteiger partial charge in [0.25, 0.3) is 0 Å². The molecule has 28 heavy (non-hydrogen) atoms. The minimum atomic E-state index is -3.22. The predicted molar refractivity (Wildman–Crippen MR) is 107 cm³/mol. The number of sulfonamides is 1. The average Bonchev–Trinajstić information content (AvgIpc) is 3.05. The monoisotopic (exact) mass is 409 g/mol. The number of aliphatic imine (C=N–C) groups is 1. The van der Waals surface area contributed by atoms with Gasteiger partial charge in [-0.3, -0.25) is 4.99 Å². The molecule has 1 aromatic rings. The zero-order chi connectivity index (χ0) is 20.5. The van der Waals surface area contributed by atoms with Crippen LogP contribution < -0.4 is 14.8 Å². The number of aliphatic hydroxyl groups is 1. The quantitative estimate of drug-likeness (QED) is 0.748. The lowest BCUT2D eigenvalue weighted by molar-refractivity contribution is 0.210. The third-order valence-electron chi connectivity index (χ3n) is 4.53. The Morgan fingerprint density at radius 2 is 2.00 bits per heavy atom. The van der Waals surface area contributed by atoms with Crippen LogP contribution in [0.4, 0.5) is 0 Å². The molecular weight excluding hydrogens is 382 g/mol. The molecule has 2 aliphatic rings. The lowest BCUT2D eigenvalue weighted by atomic mass is 10.1. The molecule has 0 bridgehead atoms. The zero-order valence-electron chi connectivity index (χ0n) is 16.5. The maximum absolute atomic E-state index is 11.7. The first-order valence-corrected chi connectivity index (χ1v) is 11.1. The van der Waals surface area contributed by atoms with E-state index < -0.39 is 16.2 Å². The van der Waals surface area contributed by atoms with Crippen LogP contribution in [-0.2, 0) is 10.0 Å². The highest BCUT2D eigenvalue weighted by atomic mass is 32.2. The van der Waals surface area contributed by atoms with E-state index in [9.17, 15) is 13.5 Å². The van der Waals surface area contributed by atoms with Crippen LogP contribution in [0.3, 0.4) is 0 Å². The molecule has 8 nitrogen and oxygen atoms in total. The number of hydrogen-bond acceptors (Lipinski definition) is 7. The molecule has 0 amide bonds. The first kappa shape index (κ1) is 20.5. The van der Waals surface area contributed by atoms with E-state index in [-0.39, 0.29) is 18.1 Å². The standard InChI is InChI=1S/C19H27N3O5S/c1-12(2)26-16-7-14(18-20-10-13(3)19(23)21-18)8-17(9-16)27-15-5-6-22(11-15)28(4,24)25/h7-10,12,15,18,21,23H,5-6,11H2,1-4H3. The van der Waals surface area contributed by atoms with Gasteiger partial charge in [-0.25, -0.2) is 8.42 Å². The second kappa shape index (κ2) is 8.00. The summed E-state index contributed by atoms with van der Waals surface area (Å²) < 4.78 is 36.8. The molecule has 0 radical (unpaired) electrons. The molecule has 0 saturated carbocycles. The zero-order valence-corrected chi connectivity index (χ0v) is 17.4. The highest BCUT2D eigenvalue weighted by Crippen LogP contribution is 2.31. The lowest BCUT2D eigenvalue weighted by Gasteiger charge is -2.23. The molecule has 3 rings (SSSR count). The molecule has 2 atom stereocenters. The summed E-state index contributed by atoms with van der Waals surface area (Å²) in [5.74, 6) is 1.29. The molecule has 1 aromatic carbocycles. The predicted octanol–water partition coefficient (Wildman–Crippen LogP) is 2.35. The summed E-state index contributed by atoms with van der Waals surface area (Å²) in [6.45, 7) is 6.41. The van der Waals surface area contributed by atoms with Crippen LogP contribution in [0, 0.1) is 0 Å². The fraction of sp³-hybridized carbons (Fsp3) is 0.526. The molecule has 1 fully saturated rings. The molecule has 0 aliphatic carbocycles. The summed E-state index contributed by atoms with van der Waals surface area (Å²) in [7, 11) is -3.22. The first-order valence-electron chi connectivity index (χ1n) is 9.25. The molecule has 2 aliphatic heterocycles. The van der Waals surface area contributed by atoms with Gasteiger partial charge < -0.3 is 19.9 Å². The fourth-order valence-electron chi connectivity index (χ4n) is 3.14. The Balaban J connectivity index is 1.82. The van der Waals surface area contributed by atoms with Gasteiger partial charge in [-0.1, -0.05) is 0 Å². The summed E-state index contributed by atoms with van der Waals surface area (Å²) in [4.78, 5) is 4.42. The highest BCUT2D eigenvalue weighted by Gasteiger charge is 2.30. The van der Waals surface area contributed by atoms with Crippen LogP contribution in [0.2, 0.25) is 0 Å². The van der Waals surface area contributed by atoms with E-state index in [0.29, 0.717) is 36.6 Å². The number of nitrogens with one attached hydrogen (secondary N) is 1. The van der Waals surface area contributed by atoms with Gasteiger partial charge in [-0.05, 0) is 39.3 Å². The highest BCUT2D eigenvalue weighted by molar-refractivity contribution is 7.88. The van der Waals surface area contributed by atoms with Crippen molar-refractivity contribution in [3.8, 4) is 11.5 Å². The van der Waals surface area contributed by atoms with Crippen molar-refractivity contribution < 1.29 is 23.0 Å². The summed E-state index contributed by atoms with van der Waals surface area (Å²) in [5.41, 5.74) is 1.44. The summed E-state index contributed by atoms with van der Waals surface area (Å²) in [6.07, 6.45) is 2.75. The van der Waals surface area contributed by atoms with Crippen molar-refractivity contribution in [1.82, 2.24) is 9.62 Å². The fourth-order valence-corrected chi connectivity index (χ4v) is 4.02. The number of aliphatic hydroxyl groups excluding tert-OH is 1. The number of allylic oxidation sites excluding steroid dienone is 1. The second-order valence-electron chi connectivity index (χ2n) is 7.41. The van der Waals surface area contributed by atoms with Crippen LogP contribution in [0.15, 0.2) is 34.6 Å². The third-order valence-corrected chi connectivity index (χ3v) is 5.80. The Kier molecular flexibility index (Phi) is 5.85. The van der Waals surface area contributed by atoms with E-state index in [1.807, 2.05) is 26.0 Å². The summed E-state index contributed by atoms with van der Waals surface area (Å²) >= 11 is 0. The summed E-state index contributed by atoms with van der Waals surface area (Å²) in [6, 6.07) is 5.48. The van der Waals surface area contributed by atoms with Gasteiger partial charge in [0, 0.05) is 30.0 Å². The van der Waals surface area contributed by atoms with Crippen LogP contribution in [0.5, 0.6) is 11.5 Å². The van der Waals surface area contributed by atoms with Crippen molar-refractivity contribution in [3.63, 3.8) is 0 Å². The molecule has 2 heterocycles. The smallest absolute Gasteiger partial charge is 0.211 e. The molecule has 2 unspecified atom stereocenters. The van der Waals surface area contributed by atoms with Crippen molar-refractivity contribution in [2.45, 2.75) is 45.6 Å². The van der Waals surface area contributed by atoms with Crippen molar-refractivity contribution in [3.05, 3.63) is 35.2 Å². The largest absolute Gasteiger partial charge is 0.495 e. The van der Waals surface area contributed by atoms with E-state index >= 15 is 0 Å². The second-order valence-corrected chi connectivity index (χ2v) is 9.39. The molecule has 1 saturated heterocycles. The van der Waals surface area contributed by atoms with Gasteiger partial charge in [0.1, 0.15) is 23.8 Å². The van der Waals surface area contributed by atoms with Gasteiger partial charge >= 0.3 is 0 Å². The van der Waals surface area contributed by atoms with Crippen LogP contribution in [0.1, 0.15) is 38.9 Å². The molecular formula is C19H27N3O5S. The van der Waals surface area contributed by atoms with Gasteiger partial charge in [-0.2, -0.15) is 4.31 Å². The molecule has 154 valence electrons. The number of rotatable bonds is 6. The van der Waals surface area contributed by atoms with E-state index in [2.05, 4.69) is 10.3 Å². The Morgan fingerprint density at radius 1 is 1.29 bits per heavy atom. The minimum absolute atomic E-state index is 0.0198. The Bertz CT molecular complexity index is 895. The maximum Gasteiger partial charge on any atom is 0.211 e. The number of benzene rings is 1. The normalized spacial score (nSPS) is 23.2. The number of nitrogens with zero attached hydrogens (tertiary/aromatic N) is 2. The van der Waals surface area contributed by atoms with Gasteiger partial charge in [0.2, 0.25) is 10.0 Å². The lowest BCUT2D eigenvalue weighted by Crippen LogP contribution is -2.30. The minimum Gasteiger partial charge on any atom is -0.495 e. The molecule has 9 heteroatoms. The Morgan fingerprint density at radius 3 is 2.61 bits per heavy atom. The van der Waals surface area contributed by atoms with Crippen LogP contribution in [-0.4, -0.2) is 55.6 Å². The van der Waals surface area contributed by atoms with E-state index in [1.165, 1.54) is 10.6 Å².